The van der Waals surface area contributed by atoms with Crippen molar-refractivity contribution in [2.45, 2.75) is 17.4 Å². The number of aromatic nitrogens is 1. The van der Waals surface area contributed by atoms with Gasteiger partial charge >= 0.3 is 0 Å². The van der Waals surface area contributed by atoms with Crippen LogP contribution < -0.4 is 0 Å². The topological polar surface area (TPSA) is 70.5 Å². The number of sulfonamides is 1. The van der Waals surface area contributed by atoms with Crippen LogP contribution in [0.3, 0.4) is 0 Å². The summed E-state index contributed by atoms with van der Waals surface area (Å²) < 4.78 is 26.5. The van der Waals surface area contributed by atoms with Gasteiger partial charge in [-0.25, -0.2) is 8.42 Å². The molecule has 1 aliphatic heterocycles. The fourth-order valence-electron chi connectivity index (χ4n) is 2.37. The molecule has 3 rings (SSSR count). The van der Waals surface area contributed by atoms with E-state index in [2.05, 4.69) is 4.98 Å². The van der Waals surface area contributed by atoms with Crippen molar-refractivity contribution in [3.8, 4) is 0 Å². The van der Waals surface area contributed by atoms with Crippen LogP contribution in [-0.4, -0.2) is 42.0 Å². The SMILES string of the molecule is O=S(=O)(c1cccc2ncccc12)N1CC[C@@H](O)C1. The van der Waals surface area contributed by atoms with Gasteiger partial charge in [-0.3, -0.25) is 4.98 Å². The lowest BCUT2D eigenvalue weighted by molar-refractivity contribution is 0.189. The highest BCUT2D eigenvalue weighted by molar-refractivity contribution is 7.89. The van der Waals surface area contributed by atoms with E-state index in [1.165, 1.54) is 4.31 Å². The predicted octanol–water partition coefficient (Wildman–Crippen LogP) is 0.990. The van der Waals surface area contributed by atoms with E-state index in [1.54, 1.807) is 36.5 Å². The zero-order valence-electron chi connectivity index (χ0n) is 10.2. The third-order valence-corrected chi connectivity index (χ3v) is 5.27. The van der Waals surface area contributed by atoms with Gasteiger partial charge in [0.2, 0.25) is 10.0 Å². The maximum atomic E-state index is 12.6. The number of aliphatic hydroxyl groups excluding tert-OH is 1. The summed E-state index contributed by atoms with van der Waals surface area (Å²) in [6, 6.07) is 8.54. The first-order chi connectivity index (χ1) is 9.09. The highest BCUT2D eigenvalue weighted by Gasteiger charge is 2.32. The second-order valence-electron chi connectivity index (χ2n) is 4.63. The fourth-order valence-corrected chi connectivity index (χ4v) is 4.06. The Labute approximate surface area is 111 Å². The number of nitrogens with zero attached hydrogens (tertiary/aromatic N) is 2. The van der Waals surface area contributed by atoms with E-state index in [0.717, 1.165) is 0 Å². The number of β-amino-alcohol motifs (C(OH)–C–C–N with tert-alkyl or cyclic N) is 1. The van der Waals surface area contributed by atoms with Gasteiger partial charge in [0.05, 0.1) is 16.5 Å². The van der Waals surface area contributed by atoms with Gasteiger partial charge in [0.15, 0.2) is 0 Å². The first kappa shape index (κ1) is 12.5. The molecule has 2 heterocycles. The van der Waals surface area contributed by atoms with Gasteiger partial charge in [0, 0.05) is 24.7 Å². The highest BCUT2D eigenvalue weighted by atomic mass is 32.2. The highest BCUT2D eigenvalue weighted by Crippen LogP contribution is 2.26. The predicted molar refractivity (Wildman–Crippen MR) is 71.1 cm³/mol. The van der Waals surface area contributed by atoms with E-state index >= 15 is 0 Å². The van der Waals surface area contributed by atoms with Gasteiger partial charge in [-0.15, -0.1) is 0 Å². The molecule has 6 heteroatoms. The summed E-state index contributed by atoms with van der Waals surface area (Å²) in [5.41, 5.74) is 0.656. The molecule has 1 saturated heterocycles. The summed E-state index contributed by atoms with van der Waals surface area (Å²) in [7, 11) is -3.56. The standard InChI is InChI=1S/C13H14N2O3S/c16-10-6-8-15(9-10)19(17,18)13-5-1-4-12-11(13)3-2-7-14-12/h1-5,7,10,16H,6,8-9H2/t10-/m1/s1. The summed E-state index contributed by atoms with van der Waals surface area (Å²) in [5, 5.41) is 10.1. The summed E-state index contributed by atoms with van der Waals surface area (Å²) in [5.74, 6) is 0. The number of benzene rings is 1. The molecular weight excluding hydrogens is 264 g/mol. The van der Waals surface area contributed by atoms with Crippen molar-refractivity contribution >= 4 is 20.9 Å². The Morgan fingerprint density at radius 3 is 2.84 bits per heavy atom. The van der Waals surface area contributed by atoms with Gasteiger partial charge in [0.25, 0.3) is 0 Å². The summed E-state index contributed by atoms with van der Waals surface area (Å²) in [4.78, 5) is 4.42. The number of fused-ring (bicyclic) bond motifs is 1. The van der Waals surface area contributed by atoms with Gasteiger partial charge in [-0.05, 0) is 30.7 Å². The minimum atomic E-state index is -3.56. The minimum Gasteiger partial charge on any atom is -0.392 e. The maximum absolute atomic E-state index is 12.6. The van der Waals surface area contributed by atoms with Gasteiger partial charge < -0.3 is 5.11 Å². The maximum Gasteiger partial charge on any atom is 0.243 e. The molecule has 1 aromatic heterocycles. The molecule has 1 aromatic carbocycles. The smallest absolute Gasteiger partial charge is 0.243 e. The molecular formula is C13H14N2O3S. The van der Waals surface area contributed by atoms with Gasteiger partial charge in [0.1, 0.15) is 0 Å². The Hall–Kier alpha value is -1.50. The molecule has 0 spiro atoms. The Balaban J connectivity index is 2.14. The number of pyridine rings is 1. The van der Waals surface area contributed by atoms with Crippen LogP contribution in [0, 0.1) is 0 Å². The lowest BCUT2D eigenvalue weighted by Gasteiger charge is -2.16. The Morgan fingerprint density at radius 2 is 2.11 bits per heavy atom. The lowest BCUT2D eigenvalue weighted by atomic mass is 10.2. The minimum absolute atomic E-state index is 0.166. The first-order valence-corrected chi connectivity index (χ1v) is 7.55. The molecule has 0 bridgehead atoms. The van der Waals surface area contributed by atoms with E-state index in [1.807, 2.05) is 0 Å². The molecule has 2 aromatic rings. The Morgan fingerprint density at radius 1 is 1.26 bits per heavy atom. The zero-order chi connectivity index (χ0) is 13.5. The van der Waals surface area contributed by atoms with Crippen LogP contribution >= 0.6 is 0 Å². The molecule has 1 N–H and O–H groups in total. The summed E-state index contributed by atoms with van der Waals surface area (Å²) in [6.07, 6.45) is 1.56. The van der Waals surface area contributed by atoms with Crippen LogP contribution in [0.1, 0.15) is 6.42 Å². The van der Waals surface area contributed by atoms with E-state index in [9.17, 15) is 13.5 Å². The molecule has 0 saturated carbocycles. The zero-order valence-corrected chi connectivity index (χ0v) is 11.0. The van der Waals surface area contributed by atoms with E-state index in [4.69, 9.17) is 0 Å². The van der Waals surface area contributed by atoms with E-state index < -0.39 is 16.1 Å². The molecule has 19 heavy (non-hydrogen) atoms. The molecule has 0 aliphatic carbocycles. The summed E-state index contributed by atoms with van der Waals surface area (Å²) >= 11 is 0. The van der Waals surface area contributed by atoms with Crippen LogP contribution in [-0.2, 0) is 10.0 Å². The van der Waals surface area contributed by atoms with Crippen molar-refractivity contribution in [2.24, 2.45) is 0 Å². The molecule has 5 nitrogen and oxygen atoms in total. The van der Waals surface area contributed by atoms with Crippen molar-refractivity contribution < 1.29 is 13.5 Å². The number of rotatable bonds is 2. The van der Waals surface area contributed by atoms with Crippen molar-refractivity contribution in [3.05, 3.63) is 36.5 Å². The third kappa shape index (κ3) is 2.11. The second kappa shape index (κ2) is 4.56. The largest absolute Gasteiger partial charge is 0.392 e. The Kier molecular flexibility index (Phi) is 3.00. The molecule has 1 fully saturated rings. The molecule has 0 amide bonds. The second-order valence-corrected chi connectivity index (χ2v) is 6.54. The lowest BCUT2D eigenvalue weighted by Crippen LogP contribution is -2.29. The van der Waals surface area contributed by atoms with Crippen molar-refractivity contribution in [1.82, 2.24) is 9.29 Å². The van der Waals surface area contributed by atoms with Crippen LogP contribution in [0.4, 0.5) is 0 Å². The average molecular weight is 278 g/mol. The third-order valence-electron chi connectivity index (χ3n) is 3.35. The normalized spacial score (nSPS) is 21.0. The first-order valence-electron chi connectivity index (χ1n) is 6.11. The molecule has 0 unspecified atom stereocenters. The number of aliphatic hydroxyl groups is 1. The van der Waals surface area contributed by atoms with E-state index in [0.29, 0.717) is 23.9 Å². The monoisotopic (exact) mass is 278 g/mol. The van der Waals surface area contributed by atoms with Crippen LogP contribution in [0.2, 0.25) is 0 Å². The number of hydrogen-bond donors (Lipinski definition) is 1. The van der Waals surface area contributed by atoms with Gasteiger partial charge in [-0.1, -0.05) is 6.07 Å². The van der Waals surface area contributed by atoms with Crippen LogP contribution in [0.15, 0.2) is 41.4 Å². The Bertz CT molecular complexity index is 709. The number of hydrogen-bond acceptors (Lipinski definition) is 4. The molecule has 100 valence electrons. The van der Waals surface area contributed by atoms with Crippen molar-refractivity contribution in [3.63, 3.8) is 0 Å². The average Bonchev–Trinajstić information content (AvgIpc) is 2.85. The molecule has 1 aliphatic rings. The quantitative estimate of drug-likeness (QED) is 0.889. The summed E-state index contributed by atoms with van der Waals surface area (Å²) in [6.45, 7) is 0.527. The fraction of sp³-hybridized carbons (Fsp3) is 0.308. The molecule has 1 atom stereocenters. The van der Waals surface area contributed by atoms with Crippen molar-refractivity contribution in [1.29, 1.82) is 0 Å². The van der Waals surface area contributed by atoms with E-state index in [-0.39, 0.29) is 11.4 Å². The van der Waals surface area contributed by atoms with Gasteiger partial charge in [-0.2, -0.15) is 4.31 Å². The van der Waals surface area contributed by atoms with Crippen molar-refractivity contribution in [2.75, 3.05) is 13.1 Å². The van der Waals surface area contributed by atoms with Crippen LogP contribution in [0.5, 0.6) is 0 Å². The van der Waals surface area contributed by atoms with Crippen LogP contribution in [0.25, 0.3) is 10.9 Å². The molecule has 0 radical (unpaired) electrons.